The van der Waals surface area contributed by atoms with Crippen molar-refractivity contribution >= 4 is 22.8 Å². The number of primary amides is 1. The van der Waals surface area contributed by atoms with Crippen molar-refractivity contribution in [1.82, 2.24) is 25.0 Å². The number of aromatic amines is 1. The molecule has 1 aliphatic heterocycles. The molecule has 1 fully saturated rings. The van der Waals surface area contributed by atoms with Crippen molar-refractivity contribution in [2.45, 2.75) is 26.2 Å². The van der Waals surface area contributed by atoms with Gasteiger partial charge in [0.2, 0.25) is 11.7 Å². The monoisotopic (exact) mass is 368 g/mol. The molecule has 27 heavy (non-hydrogen) atoms. The third-order valence-corrected chi connectivity index (χ3v) is 5.09. The molecule has 0 saturated carbocycles. The zero-order valence-electron chi connectivity index (χ0n) is 14.9. The number of pyridine rings is 1. The van der Waals surface area contributed by atoms with Crippen LogP contribution in [0.1, 0.15) is 36.0 Å². The van der Waals surface area contributed by atoms with E-state index in [4.69, 9.17) is 10.3 Å². The maximum atomic E-state index is 12.6. The number of nitrogens with zero attached hydrogens (tertiary/aromatic N) is 4. The first kappa shape index (κ1) is 17.2. The summed E-state index contributed by atoms with van der Waals surface area (Å²) in [6, 6.07) is 1.96. The van der Waals surface area contributed by atoms with Crippen LogP contribution in [0.2, 0.25) is 0 Å². The molecule has 3 aromatic rings. The molecule has 9 heteroatoms. The van der Waals surface area contributed by atoms with Gasteiger partial charge < -0.3 is 20.1 Å². The first-order valence-electron chi connectivity index (χ1n) is 8.96. The minimum atomic E-state index is -0.328. The Kier molecular flexibility index (Phi) is 4.35. The molecule has 3 N–H and O–H groups in total. The molecule has 1 aliphatic rings. The highest BCUT2D eigenvalue weighted by atomic mass is 16.5. The zero-order chi connectivity index (χ0) is 19.0. The number of hydrogen-bond donors (Lipinski definition) is 2. The minimum absolute atomic E-state index is 0.0567. The van der Waals surface area contributed by atoms with E-state index < -0.39 is 0 Å². The van der Waals surface area contributed by atoms with E-state index in [-0.39, 0.29) is 23.6 Å². The Labute approximate surface area is 154 Å². The Bertz CT molecular complexity index is 1000. The van der Waals surface area contributed by atoms with E-state index in [0.717, 1.165) is 28.6 Å². The molecule has 0 spiro atoms. The van der Waals surface area contributed by atoms with Gasteiger partial charge in [-0.2, -0.15) is 4.98 Å². The maximum Gasteiger partial charge on any atom is 0.316 e. The average molecular weight is 368 g/mol. The van der Waals surface area contributed by atoms with E-state index >= 15 is 0 Å². The number of likely N-dealkylation sites (tertiary alicyclic amines) is 1. The minimum Gasteiger partial charge on any atom is -0.369 e. The second kappa shape index (κ2) is 6.82. The van der Waals surface area contributed by atoms with Crippen LogP contribution >= 0.6 is 0 Å². The lowest BCUT2D eigenvalue weighted by atomic mass is 9.96. The summed E-state index contributed by atoms with van der Waals surface area (Å²) in [6.45, 7) is 2.93. The van der Waals surface area contributed by atoms with Crippen LogP contribution in [0.4, 0.5) is 0 Å². The smallest absolute Gasteiger partial charge is 0.316 e. The Morgan fingerprint density at radius 2 is 2.15 bits per heavy atom. The Morgan fingerprint density at radius 3 is 2.85 bits per heavy atom. The Balaban J connectivity index is 1.57. The molecule has 140 valence electrons. The first-order valence-corrected chi connectivity index (χ1v) is 8.96. The normalized spacial score (nSPS) is 15.4. The van der Waals surface area contributed by atoms with Crippen LogP contribution in [0.5, 0.6) is 0 Å². The molecule has 0 aromatic carbocycles. The summed E-state index contributed by atoms with van der Waals surface area (Å²) < 4.78 is 5.22. The Morgan fingerprint density at radius 1 is 1.37 bits per heavy atom. The van der Waals surface area contributed by atoms with Gasteiger partial charge in [0.05, 0.1) is 0 Å². The molecule has 3 aromatic heterocycles. The lowest BCUT2D eigenvalue weighted by Gasteiger charge is -2.29. The van der Waals surface area contributed by atoms with Crippen molar-refractivity contribution < 1.29 is 14.1 Å². The summed E-state index contributed by atoms with van der Waals surface area (Å²) in [5.41, 5.74) is 7.93. The molecular weight excluding hydrogens is 348 g/mol. The predicted octanol–water partition coefficient (Wildman–Crippen LogP) is 1.51. The maximum absolute atomic E-state index is 12.6. The fourth-order valence-corrected chi connectivity index (χ4v) is 3.56. The lowest BCUT2D eigenvalue weighted by molar-refractivity contribution is -0.123. The van der Waals surface area contributed by atoms with Gasteiger partial charge in [0, 0.05) is 42.4 Å². The summed E-state index contributed by atoms with van der Waals surface area (Å²) in [5, 5.41) is 4.99. The van der Waals surface area contributed by atoms with Gasteiger partial charge in [0.25, 0.3) is 0 Å². The standard InChI is InChI=1S/C18H20N6O3/c1-2-11-12-3-6-20-15(12)21-9-13(11)16-22-17(27-23-16)18(26)24-7-4-10(5-8-24)14(19)25/h3,6,9-10H,2,4-5,7-8H2,1H3,(H2,19,25)(H,20,21). The number of nitrogens with one attached hydrogen (secondary N) is 1. The summed E-state index contributed by atoms with van der Waals surface area (Å²) in [5.74, 6) is -0.539. The van der Waals surface area contributed by atoms with Gasteiger partial charge in [0.15, 0.2) is 0 Å². The van der Waals surface area contributed by atoms with Gasteiger partial charge in [0.1, 0.15) is 5.65 Å². The number of H-pyrrole nitrogens is 1. The van der Waals surface area contributed by atoms with E-state index in [0.29, 0.717) is 31.8 Å². The number of piperidine rings is 1. The van der Waals surface area contributed by atoms with Crippen LogP contribution in [0.3, 0.4) is 0 Å². The fraction of sp³-hybridized carbons (Fsp3) is 0.389. The topological polar surface area (TPSA) is 131 Å². The van der Waals surface area contributed by atoms with Gasteiger partial charge in [-0.15, -0.1) is 0 Å². The summed E-state index contributed by atoms with van der Waals surface area (Å²) in [4.78, 5) is 37.3. The molecule has 4 rings (SSSR count). The van der Waals surface area contributed by atoms with Crippen LogP contribution in [0, 0.1) is 5.92 Å². The molecule has 9 nitrogen and oxygen atoms in total. The van der Waals surface area contributed by atoms with Gasteiger partial charge in [-0.3, -0.25) is 9.59 Å². The molecule has 1 saturated heterocycles. The van der Waals surface area contributed by atoms with E-state index in [1.54, 1.807) is 11.1 Å². The highest BCUT2D eigenvalue weighted by molar-refractivity contribution is 5.91. The largest absolute Gasteiger partial charge is 0.369 e. The van der Waals surface area contributed by atoms with E-state index in [9.17, 15) is 9.59 Å². The van der Waals surface area contributed by atoms with Crippen molar-refractivity contribution in [1.29, 1.82) is 0 Å². The molecule has 0 bridgehead atoms. The van der Waals surface area contributed by atoms with Crippen molar-refractivity contribution in [3.05, 3.63) is 29.9 Å². The number of aryl methyl sites for hydroxylation is 1. The van der Waals surface area contributed by atoms with E-state index in [1.165, 1.54) is 0 Å². The number of hydrogen-bond acceptors (Lipinski definition) is 6. The number of carbonyl (C=O) groups excluding carboxylic acids is 2. The number of fused-ring (bicyclic) bond motifs is 1. The van der Waals surface area contributed by atoms with E-state index in [1.807, 2.05) is 19.2 Å². The lowest BCUT2D eigenvalue weighted by Crippen LogP contribution is -2.41. The second-order valence-corrected chi connectivity index (χ2v) is 6.64. The summed E-state index contributed by atoms with van der Waals surface area (Å²) in [6.07, 6.45) is 5.40. The van der Waals surface area contributed by atoms with Crippen molar-refractivity contribution in [3.8, 4) is 11.4 Å². The molecular formula is C18H20N6O3. The molecule has 0 atom stereocenters. The van der Waals surface area contributed by atoms with Crippen molar-refractivity contribution in [2.24, 2.45) is 11.7 Å². The summed E-state index contributed by atoms with van der Waals surface area (Å²) in [7, 11) is 0. The van der Waals surface area contributed by atoms with Gasteiger partial charge >= 0.3 is 11.8 Å². The van der Waals surface area contributed by atoms with Crippen LogP contribution in [-0.4, -0.2) is 49.9 Å². The zero-order valence-corrected chi connectivity index (χ0v) is 14.9. The number of rotatable bonds is 4. The highest BCUT2D eigenvalue weighted by Gasteiger charge is 2.29. The van der Waals surface area contributed by atoms with Crippen LogP contribution < -0.4 is 5.73 Å². The molecule has 2 amide bonds. The molecule has 0 unspecified atom stereocenters. The number of amides is 2. The Hall–Kier alpha value is -3.23. The first-order chi connectivity index (χ1) is 13.1. The molecule has 0 aliphatic carbocycles. The van der Waals surface area contributed by atoms with Gasteiger partial charge in [-0.25, -0.2) is 4.98 Å². The van der Waals surface area contributed by atoms with Crippen molar-refractivity contribution in [3.63, 3.8) is 0 Å². The quantitative estimate of drug-likeness (QED) is 0.718. The second-order valence-electron chi connectivity index (χ2n) is 6.64. The number of carbonyl (C=O) groups is 2. The predicted molar refractivity (Wildman–Crippen MR) is 96.6 cm³/mol. The van der Waals surface area contributed by atoms with Gasteiger partial charge in [-0.1, -0.05) is 12.1 Å². The van der Waals surface area contributed by atoms with Gasteiger partial charge in [-0.05, 0) is 30.9 Å². The fourth-order valence-electron chi connectivity index (χ4n) is 3.56. The molecule has 4 heterocycles. The van der Waals surface area contributed by atoms with Crippen molar-refractivity contribution in [2.75, 3.05) is 13.1 Å². The van der Waals surface area contributed by atoms with Crippen LogP contribution in [-0.2, 0) is 11.2 Å². The SMILES string of the molecule is CCc1c(-c2noc(C(=O)N3CCC(C(N)=O)CC3)n2)cnc2[nH]ccc12. The van der Waals surface area contributed by atoms with E-state index in [2.05, 4.69) is 20.1 Å². The number of nitrogens with two attached hydrogens (primary N) is 1. The average Bonchev–Trinajstić information content (AvgIpc) is 3.36. The van der Waals surface area contributed by atoms with Crippen LogP contribution in [0.15, 0.2) is 23.0 Å². The third-order valence-electron chi connectivity index (χ3n) is 5.09. The summed E-state index contributed by atoms with van der Waals surface area (Å²) >= 11 is 0. The molecule has 0 radical (unpaired) electrons. The van der Waals surface area contributed by atoms with Crippen LogP contribution in [0.25, 0.3) is 22.4 Å². The highest BCUT2D eigenvalue weighted by Crippen LogP contribution is 2.27. The third kappa shape index (κ3) is 3.05. The number of aromatic nitrogens is 4.